The molecule has 0 bridgehead atoms. The number of aromatic nitrogens is 1. The molecular weight excluding hydrogens is 274 g/mol. The Hall–Kier alpha value is -1.46. The van der Waals surface area contributed by atoms with Crippen LogP contribution >= 0.6 is 23.6 Å². The maximum absolute atomic E-state index is 5.23. The van der Waals surface area contributed by atoms with Gasteiger partial charge in [0.15, 0.2) is 5.11 Å². The molecule has 0 saturated carbocycles. The number of nitrogens with zero attached hydrogens (tertiary/aromatic N) is 1. The average molecular weight is 291 g/mol. The summed E-state index contributed by atoms with van der Waals surface area (Å²) in [7, 11) is 0. The Kier molecular flexibility index (Phi) is 5.30. The summed E-state index contributed by atoms with van der Waals surface area (Å²) in [5.74, 6) is 0. The summed E-state index contributed by atoms with van der Waals surface area (Å²) in [4.78, 5) is 4.29. The lowest BCUT2D eigenvalue weighted by atomic mass is 10.2. The van der Waals surface area contributed by atoms with Crippen molar-refractivity contribution in [2.24, 2.45) is 0 Å². The molecule has 0 radical (unpaired) electrons. The first-order valence-corrected chi connectivity index (χ1v) is 7.63. The zero-order valence-electron chi connectivity index (χ0n) is 10.8. The number of thiazole rings is 1. The number of hydrogen-bond donors (Lipinski definition) is 2. The van der Waals surface area contributed by atoms with Crippen molar-refractivity contribution in [3.05, 3.63) is 35.8 Å². The van der Waals surface area contributed by atoms with Gasteiger partial charge in [0.25, 0.3) is 0 Å². The zero-order valence-corrected chi connectivity index (χ0v) is 12.5. The van der Waals surface area contributed by atoms with Crippen LogP contribution in [-0.2, 0) is 0 Å². The second-order valence-electron chi connectivity index (χ2n) is 4.15. The Morgan fingerprint density at radius 3 is 2.74 bits per heavy atom. The predicted molar refractivity (Wildman–Crippen MR) is 86.7 cm³/mol. The van der Waals surface area contributed by atoms with Gasteiger partial charge in [-0.1, -0.05) is 13.3 Å². The van der Waals surface area contributed by atoms with Crippen molar-refractivity contribution in [2.75, 3.05) is 11.9 Å². The minimum absolute atomic E-state index is 0.676. The lowest BCUT2D eigenvalue weighted by molar-refractivity contribution is 0.758. The van der Waals surface area contributed by atoms with Crippen LogP contribution in [0.5, 0.6) is 0 Å². The topological polar surface area (TPSA) is 37.0 Å². The number of nitrogens with one attached hydrogen (secondary N) is 2. The van der Waals surface area contributed by atoms with E-state index in [2.05, 4.69) is 34.7 Å². The Labute approximate surface area is 123 Å². The fraction of sp³-hybridized carbons (Fsp3) is 0.286. The molecule has 1 heterocycles. The third kappa shape index (κ3) is 4.29. The van der Waals surface area contributed by atoms with Crippen LogP contribution in [0.3, 0.4) is 0 Å². The van der Waals surface area contributed by atoms with E-state index in [9.17, 15) is 0 Å². The van der Waals surface area contributed by atoms with Gasteiger partial charge < -0.3 is 10.6 Å². The van der Waals surface area contributed by atoms with Gasteiger partial charge in [0.05, 0.1) is 0 Å². The minimum Gasteiger partial charge on any atom is -0.362 e. The van der Waals surface area contributed by atoms with Gasteiger partial charge in [0.2, 0.25) is 0 Å². The van der Waals surface area contributed by atoms with E-state index in [1.807, 2.05) is 23.7 Å². The molecule has 1 aromatic carbocycles. The molecule has 0 amide bonds. The minimum atomic E-state index is 0.676. The summed E-state index contributed by atoms with van der Waals surface area (Å²) in [6.07, 6.45) is 4.11. The van der Waals surface area contributed by atoms with Crippen LogP contribution in [0.4, 0.5) is 5.69 Å². The largest absolute Gasteiger partial charge is 0.362 e. The lowest BCUT2D eigenvalue weighted by Gasteiger charge is -2.10. The molecule has 0 aliphatic carbocycles. The second-order valence-corrected chi connectivity index (χ2v) is 5.45. The van der Waals surface area contributed by atoms with E-state index in [1.165, 1.54) is 0 Å². The molecule has 100 valence electrons. The average Bonchev–Trinajstić information content (AvgIpc) is 2.94. The smallest absolute Gasteiger partial charge is 0.170 e. The van der Waals surface area contributed by atoms with Crippen molar-refractivity contribution in [2.45, 2.75) is 19.8 Å². The van der Waals surface area contributed by atoms with Crippen LogP contribution < -0.4 is 10.6 Å². The standard InChI is InChI=1S/C14H17N3S2/c1-2-3-8-16-14(18)17-12-6-4-11(5-7-12)13-15-9-10-19-13/h4-7,9-10H,2-3,8H2,1H3,(H2,16,17,18). The van der Waals surface area contributed by atoms with Gasteiger partial charge in [-0.25, -0.2) is 4.98 Å². The molecule has 19 heavy (non-hydrogen) atoms. The molecule has 0 spiro atoms. The first-order chi connectivity index (χ1) is 9.29. The van der Waals surface area contributed by atoms with E-state index in [-0.39, 0.29) is 0 Å². The maximum Gasteiger partial charge on any atom is 0.170 e. The molecule has 0 unspecified atom stereocenters. The predicted octanol–water partition coefficient (Wildman–Crippen LogP) is 3.90. The van der Waals surface area contributed by atoms with E-state index >= 15 is 0 Å². The van der Waals surface area contributed by atoms with Gasteiger partial charge in [0, 0.05) is 29.4 Å². The molecule has 0 fully saturated rings. The fourth-order valence-corrected chi connectivity index (χ4v) is 2.48. The quantitative estimate of drug-likeness (QED) is 0.647. The zero-order chi connectivity index (χ0) is 13.5. The van der Waals surface area contributed by atoms with Crippen molar-refractivity contribution in [3.63, 3.8) is 0 Å². The number of unbranched alkanes of at least 4 members (excludes halogenated alkanes) is 1. The van der Waals surface area contributed by atoms with Crippen molar-refractivity contribution >= 4 is 34.4 Å². The van der Waals surface area contributed by atoms with Crippen LogP contribution in [0, 0.1) is 0 Å². The summed E-state index contributed by atoms with van der Waals surface area (Å²) in [6.45, 7) is 3.08. The van der Waals surface area contributed by atoms with Gasteiger partial charge in [0.1, 0.15) is 5.01 Å². The number of hydrogen-bond acceptors (Lipinski definition) is 3. The molecule has 1 aromatic heterocycles. The van der Waals surface area contributed by atoms with Gasteiger partial charge in [-0.05, 0) is 42.9 Å². The van der Waals surface area contributed by atoms with Gasteiger partial charge >= 0.3 is 0 Å². The molecule has 0 aliphatic heterocycles. The Morgan fingerprint density at radius 1 is 1.32 bits per heavy atom. The van der Waals surface area contributed by atoms with E-state index in [4.69, 9.17) is 12.2 Å². The molecule has 2 N–H and O–H groups in total. The second kappa shape index (κ2) is 7.21. The molecule has 0 aliphatic rings. The molecule has 0 saturated heterocycles. The Bertz CT molecular complexity index is 506. The molecular formula is C14H17N3S2. The normalized spacial score (nSPS) is 10.2. The fourth-order valence-electron chi connectivity index (χ4n) is 1.62. The number of anilines is 1. The highest BCUT2D eigenvalue weighted by Crippen LogP contribution is 2.23. The van der Waals surface area contributed by atoms with Crippen molar-refractivity contribution < 1.29 is 0 Å². The summed E-state index contributed by atoms with van der Waals surface area (Å²) in [5.41, 5.74) is 2.12. The summed E-state index contributed by atoms with van der Waals surface area (Å²) in [5, 5.41) is 10.1. The molecule has 2 rings (SSSR count). The third-order valence-electron chi connectivity index (χ3n) is 2.64. The molecule has 2 aromatic rings. The van der Waals surface area contributed by atoms with Crippen LogP contribution in [-0.4, -0.2) is 16.6 Å². The highest BCUT2D eigenvalue weighted by molar-refractivity contribution is 7.80. The molecule has 0 atom stereocenters. The third-order valence-corrected chi connectivity index (χ3v) is 3.71. The van der Waals surface area contributed by atoms with E-state index < -0.39 is 0 Å². The van der Waals surface area contributed by atoms with Crippen molar-refractivity contribution in [1.29, 1.82) is 0 Å². The van der Waals surface area contributed by atoms with E-state index in [0.717, 1.165) is 35.6 Å². The molecule has 3 nitrogen and oxygen atoms in total. The highest BCUT2D eigenvalue weighted by Gasteiger charge is 2.01. The van der Waals surface area contributed by atoms with Crippen molar-refractivity contribution in [3.8, 4) is 10.6 Å². The number of benzene rings is 1. The molecule has 5 heteroatoms. The van der Waals surface area contributed by atoms with Crippen LogP contribution in [0.1, 0.15) is 19.8 Å². The van der Waals surface area contributed by atoms with E-state index in [0.29, 0.717) is 5.11 Å². The summed E-state index contributed by atoms with van der Waals surface area (Å²) >= 11 is 6.87. The van der Waals surface area contributed by atoms with Crippen LogP contribution in [0.25, 0.3) is 10.6 Å². The van der Waals surface area contributed by atoms with Crippen molar-refractivity contribution in [1.82, 2.24) is 10.3 Å². The van der Waals surface area contributed by atoms with Gasteiger partial charge in [-0.2, -0.15) is 0 Å². The monoisotopic (exact) mass is 291 g/mol. The first kappa shape index (κ1) is 14.0. The first-order valence-electron chi connectivity index (χ1n) is 6.34. The van der Waals surface area contributed by atoms with E-state index in [1.54, 1.807) is 11.3 Å². The lowest BCUT2D eigenvalue weighted by Crippen LogP contribution is -2.29. The summed E-state index contributed by atoms with van der Waals surface area (Å²) < 4.78 is 0. The summed E-state index contributed by atoms with van der Waals surface area (Å²) in [6, 6.07) is 8.14. The Morgan fingerprint density at radius 2 is 2.11 bits per heavy atom. The van der Waals surface area contributed by atoms with Crippen LogP contribution in [0.15, 0.2) is 35.8 Å². The van der Waals surface area contributed by atoms with Gasteiger partial charge in [-0.3, -0.25) is 0 Å². The van der Waals surface area contributed by atoms with Gasteiger partial charge in [-0.15, -0.1) is 11.3 Å². The maximum atomic E-state index is 5.23. The number of rotatable bonds is 5. The highest BCUT2D eigenvalue weighted by atomic mass is 32.1. The Balaban J connectivity index is 1.90. The number of thiocarbonyl (C=S) groups is 1. The van der Waals surface area contributed by atoms with Crippen LogP contribution in [0.2, 0.25) is 0 Å². The SMILES string of the molecule is CCCCNC(=S)Nc1ccc(-c2nccs2)cc1.